The highest BCUT2D eigenvalue weighted by Crippen LogP contribution is 2.39. The smallest absolute Gasteiger partial charge is 0.342 e. The molecule has 0 saturated carbocycles. The van der Waals surface area contributed by atoms with Gasteiger partial charge in [0.1, 0.15) is 18.2 Å². The summed E-state index contributed by atoms with van der Waals surface area (Å²) in [6.45, 7) is -0.992. The van der Waals surface area contributed by atoms with Gasteiger partial charge in [0.05, 0.1) is 41.5 Å². The normalized spacial score (nSPS) is 15.0. The molecule has 0 aromatic carbocycles. The van der Waals surface area contributed by atoms with Crippen molar-refractivity contribution < 1.29 is 17.6 Å². The van der Waals surface area contributed by atoms with Crippen molar-refractivity contribution in [2.24, 2.45) is 7.05 Å². The molecule has 5 aromatic heterocycles. The van der Waals surface area contributed by atoms with Gasteiger partial charge in [-0.25, -0.2) is 23.4 Å². The first-order valence-electron chi connectivity index (χ1n) is 10.8. The number of rotatable bonds is 6. The van der Waals surface area contributed by atoms with E-state index in [9.17, 15) is 8.78 Å². The molecule has 1 aliphatic heterocycles. The topological polar surface area (TPSA) is 109 Å². The molecular weight excluding hydrogens is 518 g/mol. The monoisotopic (exact) mass is 533 g/mol. The van der Waals surface area contributed by atoms with Crippen molar-refractivity contribution in [1.82, 2.24) is 48.9 Å². The summed E-state index contributed by atoms with van der Waals surface area (Å²) in [5.74, 6) is -0.802. The molecule has 0 saturated heterocycles. The fourth-order valence-electron chi connectivity index (χ4n) is 4.22. The molecule has 0 bridgehead atoms. The van der Waals surface area contributed by atoms with E-state index < -0.39 is 30.4 Å². The van der Waals surface area contributed by atoms with Crippen LogP contribution in [0.3, 0.4) is 0 Å². The minimum Gasteiger partial charge on any atom is -0.342 e. The van der Waals surface area contributed by atoms with E-state index in [4.69, 9.17) is 11.6 Å². The van der Waals surface area contributed by atoms with E-state index in [1.54, 1.807) is 34.8 Å². The van der Waals surface area contributed by atoms with Gasteiger partial charge < -0.3 is 9.88 Å². The number of alkyl halides is 3. The molecule has 0 fully saturated rings. The summed E-state index contributed by atoms with van der Waals surface area (Å²) in [6.07, 6.45) is 6.14. The SMILES string of the molecule is Cn1nccc1Nc1ncc(F)c(-c2cc3n(c2)C[C@H](CF)n2c-3nnc2C(F)(F)n2cc(Cl)cn2)n1. The van der Waals surface area contributed by atoms with Gasteiger partial charge in [-0.15, -0.1) is 10.2 Å². The molecule has 0 spiro atoms. The Morgan fingerprint density at radius 1 is 1.19 bits per heavy atom. The lowest BCUT2D eigenvalue weighted by Gasteiger charge is -2.27. The number of hydrogen-bond acceptors (Lipinski definition) is 7. The van der Waals surface area contributed by atoms with E-state index in [1.165, 1.54) is 6.07 Å². The number of halogens is 5. The van der Waals surface area contributed by atoms with E-state index in [1.807, 2.05) is 0 Å². The summed E-state index contributed by atoms with van der Waals surface area (Å²) in [6, 6.07) is -1.57. The third kappa shape index (κ3) is 3.73. The fourth-order valence-corrected chi connectivity index (χ4v) is 4.36. The molecule has 37 heavy (non-hydrogen) atoms. The zero-order valence-electron chi connectivity index (χ0n) is 18.9. The number of aryl methyl sites for hydroxylation is 1. The Morgan fingerprint density at radius 2 is 2.03 bits per heavy atom. The molecule has 0 amide bonds. The highest BCUT2D eigenvalue weighted by Gasteiger charge is 2.44. The van der Waals surface area contributed by atoms with Crippen molar-refractivity contribution in [2.45, 2.75) is 18.6 Å². The van der Waals surface area contributed by atoms with Crippen LogP contribution in [0.15, 0.2) is 43.1 Å². The number of aromatic nitrogens is 10. The summed E-state index contributed by atoms with van der Waals surface area (Å²) in [7, 11) is 1.71. The molecule has 1 atom stereocenters. The molecule has 6 heterocycles. The molecule has 1 N–H and O–H groups in total. The lowest BCUT2D eigenvalue weighted by Crippen LogP contribution is -2.33. The van der Waals surface area contributed by atoms with Gasteiger partial charge in [0.25, 0.3) is 0 Å². The average molecular weight is 534 g/mol. The van der Waals surface area contributed by atoms with Crippen LogP contribution in [0.2, 0.25) is 5.02 Å². The van der Waals surface area contributed by atoms with Crippen molar-refractivity contribution in [3.8, 4) is 22.8 Å². The van der Waals surface area contributed by atoms with Crippen LogP contribution in [-0.2, 0) is 19.6 Å². The third-order valence-corrected chi connectivity index (χ3v) is 6.15. The van der Waals surface area contributed by atoms with Crippen LogP contribution in [0.1, 0.15) is 11.9 Å². The Kier molecular flexibility index (Phi) is 5.25. The molecule has 0 aliphatic carbocycles. The molecule has 0 radical (unpaired) electrons. The largest absolute Gasteiger partial charge is 0.404 e. The standard InChI is InChI=1S/C21H16ClF4N11/c1-34-16(2-3-28-34)30-20-27-7-14(24)17(31-20)11-4-15-18-32-33-19(21(25,26)36-9-12(22)6-29-36)37(18)13(5-23)10-35(15)8-11/h2-4,6-9,13H,5,10H2,1H3,(H,27,30,31)/t13-/m0/s1. The molecule has 1 aliphatic rings. The third-order valence-electron chi connectivity index (χ3n) is 5.96. The summed E-state index contributed by atoms with van der Waals surface area (Å²) in [4.78, 5) is 8.23. The van der Waals surface area contributed by atoms with Gasteiger partial charge in [0.2, 0.25) is 11.8 Å². The van der Waals surface area contributed by atoms with E-state index in [0.717, 1.165) is 23.2 Å². The number of fused-ring (bicyclic) bond motifs is 3. The van der Waals surface area contributed by atoms with Crippen molar-refractivity contribution >= 4 is 23.4 Å². The van der Waals surface area contributed by atoms with Crippen LogP contribution < -0.4 is 5.32 Å². The summed E-state index contributed by atoms with van der Waals surface area (Å²) < 4.78 is 63.9. The Bertz CT molecular complexity index is 1620. The Morgan fingerprint density at radius 3 is 2.73 bits per heavy atom. The Balaban J connectivity index is 1.41. The van der Waals surface area contributed by atoms with Gasteiger partial charge in [0, 0.05) is 31.4 Å². The highest BCUT2D eigenvalue weighted by molar-refractivity contribution is 6.30. The van der Waals surface area contributed by atoms with Crippen LogP contribution in [-0.4, -0.2) is 55.5 Å². The highest BCUT2D eigenvalue weighted by atomic mass is 35.5. The van der Waals surface area contributed by atoms with Crippen LogP contribution >= 0.6 is 11.6 Å². The minimum atomic E-state index is -3.76. The first kappa shape index (κ1) is 23.1. The number of nitrogens with one attached hydrogen (secondary N) is 1. The van der Waals surface area contributed by atoms with Gasteiger partial charge in [-0.2, -0.15) is 19.0 Å². The van der Waals surface area contributed by atoms with E-state index in [-0.39, 0.29) is 29.0 Å². The summed E-state index contributed by atoms with van der Waals surface area (Å²) in [5, 5.41) is 18.2. The fraction of sp³-hybridized carbons (Fsp3) is 0.238. The molecule has 6 rings (SSSR count). The van der Waals surface area contributed by atoms with Gasteiger partial charge in [-0.1, -0.05) is 11.6 Å². The van der Waals surface area contributed by atoms with Crippen LogP contribution in [0.4, 0.5) is 29.3 Å². The molecular formula is C21H16ClF4N11. The van der Waals surface area contributed by atoms with Gasteiger partial charge in [-0.3, -0.25) is 9.25 Å². The Labute approximate surface area is 210 Å². The maximum atomic E-state index is 15.3. The number of anilines is 2. The lowest BCUT2D eigenvalue weighted by atomic mass is 10.2. The van der Waals surface area contributed by atoms with Crippen molar-refractivity contribution in [3.63, 3.8) is 0 Å². The van der Waals surface area contributed by atoms with Crippen LogP contribution in [0.5, 0.6) is 0 Å². The van der Waals surface area contributed by atoms with Crippen molar-refractivity contribution in [3.05, 3.63) is 59.8 Å². The zero-order chi connectivity index (χ0) is 25.9. The summed E-state index contributed by atoms with van der Waals surface area (Å²) in [5.41, 5.74) is 0.622. The summed E-state index contributed by atoms with van der Waals surface area (Å²) >= 11 is 5.75. The van der Waals surface area contributed by atoms with Crippen molar-refractivity contribution in [1.29, 1.82) is 0 Å². The average Bonchev–Trinajstić information content (AvgIpc) is 3.66. The first-order chi connectivity index (χ1) is 17.8. The van der Waals surface area contributed by atoms with E-state index >= 15 is 8.78 Å². The first-order valence-corrected chi connectivity index (χ1v) is 11.2. The minimum absolute atomic E-state index is 0.00254. The number of nitrogens with zero attached hydrogens (tertiary/aromatic N) is 10. The van der Waals surface area contributed by atoms with Crippen molar-refractivity contribution in [2.75, 3.05) is 12.0 Å². The molecule has 0 unspecified atom stereocenters. The van der Waals surface area contributed by atoms with Crippen LogP contribution in [0, 0.1) is 5.82 Å². The maximum Gasteiger partial charge on any atom is 0.404 e. The lowest BCUT2D eigenvalue weighted by molar-refractivity contribution is -0.0615. The predicted molar refractivity (Wildman–Crippen MR) is 122 cm³/mol. The second-order valence-electron chi connectivity index (χ2n) is 8.29. The zero-order valence-corrected chi connectivity index (χ0v) is 19.7. The van der Waals surface area contributed by atoms with Gasteiger partial charge in [0.15, 0.2) is 11.6 Å². The van der Waals surface area contributed by atoms with E-state index in [2.05, 4.69) is 35.7 Å². The van der Waals surface area contributed by atoms with Gasteiger partial charge >= 0.3 is 6.05 Å². The second kappa shape index (κ2) is 8.40. The van der Waals surface area contributed by atoms with Crippen LogP contribution in [0.25, 0.3) is 22.8 Å². The molecule has 11 nitrogen and oxygen atoms in total. The van der Waals surface area contributed by atoms with E-state index in [0.29, 0.717) is 21.8 Å². The second-order valence-corrected chi connectivity index (χ2v) is 8.73. The molecule has 5 aromatic rings. The Hall–Kier alpha value is -4.27. The molecule has 16 heteroatoms. The molecule has 190 valence electrons. The number of hydrogen-bond donors (Lipinski definition) is 1. The maximum absolute atomic E-state index is 15.3. The predicted octanol–water partition coefficient (Wildman–Crippen LogP) is 3.79. The quantitative estimate of drug-likeness (QED) is 0.331. The van der Waals surface area contributed by atoms with Gasteiger partial charge in [-0.05, 0) is 6.07 Å².